The standard InChI is InChI=1S/C21H16N4O3S/c26-17-7-5-15(6-8-17)11-19-20(27)25(14-18-4-2-10-28-18)21(29-19)24-23-13-16-3-1-9-22-12-16/h1-13,26H,14H2/b19-11-,23-13-,24-21+. The molecule has 1 saturated heterocycles. The molecule has 8 heteroatoms. The average Bonchev–Trinajstić information content (AvgIpc) is 3.35. The van der Waals surface area contributed by atoms with Gasteiger partial charge in [-0.25, -0.2) is 0 Å². The third-order valence-corrected chi connectivity index (χ3v) is 5.00. The number of aromatic hydroxyl groups is 1. The molecule has 2 aromatic heterocycles. The molecule has 0 radical (unpaired) electrons. The first-order chi connectivity index (χ1) is 14.2. The maximum absolute atomic E-state index is 12.9. The van der Waals surface area contributed by atoms with E-state index in [1.807, 2.05) is 12.1 Å². The SMILES string of the molecule is O=C1/C(=C/c2ccc(O)cc2)S/C(=N/N=C\c2cccnc2)N1Cc1ccco1. The fraction of sp³-hybridized carbons (Fsp3) is 0.0476. The molecule has 0 atom stereocenters. The number of hydrogen-bond acceptors (Lipinski definition) is 7. The second-order valence-corrected chi connectivity index (χ2v) is 7.10. The van der Waals surface area contributed by atoms with E-state index in [0.717, 1.165) is 11.1 Å². The number of carbonyl (C=O) groups is 1. The lowest BCUT2D eigenvalue weighted by Gasteiger charge is -2.12. The van der Waals surface area contributed by atoms with Gasteiger partial charge in [-0.2, -0.15) is 5.10 Å². The van der Waals surface area contributed by atoms with Crippen molar-refractivity contribution in [3.8, 4) is 5.75 Å². The largest absolute Gasteiger partial charge is 0.508 e. The Kier molecular flexibility index (Phi) is 5.53. The van der Waals surface area contributed by atoms with Gasteiger partial charge in [-0.15, -0.1) is 5.10 Å². The number of rotatable bonds is 5. The predicted octanol–water partition coefficient (Wildman–Crippen LogP) is 3.89. The van der Waals surface area contributed by atoms with Gasteiger partial charge in [0.25, 0.3) is 5.91 Å². The van der Waals surface area contributed by atoms with Crippen LogP contribution in [-0.4, -0.2) is 32.3 Å². The number of pyridine rings is 1. The van der Waals surface area contributed by atoms with E-state index in [0.29, 0.717) is 15.8 Å². The smallest absolute Gasteiger partial charge is 0.267 e. The molecule has 0 unspecified atom stereocenters. The number of nitrogens with zero attached hydrogens (tertiary/aromatic N) is 4. The van der Waals surface area contributed by atoms with Crippen LogP contribution in [0.25, 0.3) is 6.08 Å². The summed E-state index contributed by atoms with van der Waals surface area (Å²) in [6.07, 6.45) is 8.26. The van der Waals surface area contributed by atoms with Gasteiger partial charge in [-0.05, 0) is 53.7 Å². The molecule has 29 heavy (non-hydrogen) atoms. The Morgan fingerprint density at radius 3 is 2.72 bits per heavy atom. The number of aromatic nitrogens is 1. The van der Waals surface area contributed by atoms with Crippen LogP contribution in [0.4, 0.5) is 0 Å². The first-order valence-electron chi connectivity index (χ1n) is 8.73. The minimum Gasteiger partial charge on any atom is -0.508 e. The molecule has 144 valence electrons. The fourth-order valence-corrected chi connectivity index (χ4v) is 3.53. The zero-order valence-corrected chi connectivity index (χ0v) is 16.0. The number of furan rings is 1. The van der Waals surface area contributed by atoms with E-state index in [4.69, 9.17) is 4.42 Å². The average molecular weight is 404 g/mol. The van der Waals surface area contributed by atoms with Gasteiger partial charge in [0, 0.05) is 18.0 Å². The van der Waals surface area contributed by atoms with Crippen molar-refractivity contribution in [3.05, 3.63) is 89.0 Å². The van der Waals surface area contributed by atoms with Crippen molar-refractivity contribution in [3.63, 3.8) is 0 Å². The third-order valence-electron chi connectivity index (χ3n) is 4.01. The molecule has 0 spiro atoms. The number of hydrogen-bond donors (Lipinski definition) is 1. The highest BCUT2D eigenvalue weighted by Crippen LogP contribution is 2.34. The van der Waals surface area contributed by atoms with Gasteiger partial charge in [0.2, 0.25) is 0 Å². The lowest BCUT2D eigenvalue weighted by Crippen LogP contribution is -2.28. The van der Waals surface area contributed by atoms with E-state index in [1.165, 1.54) is 16.7 Å². The van der Waals surface area contributed by atoms with Crippen molar-refractivity contribution in [2.75, 3.05) is 0 Å². The van der Waals surface area contributed by atoms with Gasteiger partial charge in [0.15, 0.2) is 5.17 Å². The maximum atomic E-state index is 12.9. The molecule has 1 aliphatic rings. The van der Waals surface area contributed by atoms with E-state index >= 15 is 0 Å². The molecule has 1 fully saturated rings. The second-order valence-electron chi connectivity index (χ2n) is 6.09. The topological polar surface area (TPSA) is 91.3 Å². The molecular formula is C21H16N4O3S. The quantitative estimate of drug-likeness (QED) is 0.396. The van der Waals surface area contributed by atoms with Crippen molar-refractivity contribution in [1.82, 2.24) is 9.88 Å². The van der Waals surface area contributed by atoms with Crippen molar-refractivity contribution < 1.29 is 14.3 Å². The van der Waals surface area contributed by atoms with Crippen molar-refractivity contribution in [2.24, 2.45) is 10.2 Å². The van der Waals surface area contributed by atoms with Crippen LogP contribution in [0.5, 0.6) is 5.75 Å². The molecular weight excluding hydrogens is 388 g/mol. The zero-order chi connectivity index (χ0) is 20.1. The van der Waals surface area contributed by atoms with E-state index in [2.05, 4.69) is 15.2 Å². The molecule has 1 aliphatic heterocycles. The molecule has 0 aliphatic carbocycles. The van der Waals surface area contributed by atoms with E-state index < -0.39 is 0 Å². The number of phenols is 1. The minimum atomic E-state index is -0.185. The Balaban J connectivity index is 1.61. The molecule has 1 amide bonds. The van der Waals surface area contributed by atoms with Crippen LogP contribution in [0.3, 0.4) is 0 Å². The summed E-state index contributed by atoms with van der Waals surface area (Å²) >= 11 is 1.24. The lowest BCUT2D eigenvalue weighted by molar-refractivity contribution is -0.122. The molecule has 7 nitrogen and oxygen atoms in total. The second kappa shape index (κ2) is 8.57. The highest BCUT2D eigenvalue weighted by atomic mass is 32.2. The maximum Gasteiger partial charge on any atom is 0.267 e. The number of amidine groups is 1. The Bertz CT molecular complexity index is 1070. The highest BCUT2D eigenvalue weighted by molar-refractivity contribution is 8.18. The summed E-state index contributed by atoms with van der Waals surface area (Å²) in [6.45, 7) is 0.257. The van der Waals surface area contributed by atoms with Gasteiger partial charge >= 0.3 is 0 Å². The molecule has 3 aromatic rings. The van der Waals surface area contributed by atoms with Crippen LogP contribution < -0.4 is 0 Å². The lowest BCUT2D eigenvalue weighted by atomic mass is 10.2. The van der Waals surface area contributed by atoms with Crippen LogP contribution in [-0.2, 0) is 11.3 Å². The van der Waals surface area contributed by atoms with Gasteiger partial charge in [-0.1, -0.05) is 18.2 Å². The number of phenolic OH excluding ortho intramolecular Hbond substituents is 1. The number of thioether (sulfide) groups is 1. The first-order valence-corrected chi connectivity index (χ1v) is 9.54. The summed E-state index contributed by atoms with van der Waals surface area (Å²) in [7, 11) is 0. The number of amides is 1. The summed E-state index contributed by atoms with van der Waals surface area (Å²) < 4.78 is 5.38. The summed E-state index contributed by atoms with van der Waals surface area (Å²) in [5, 5.41) is 18.2. The molecule has 3 heterocycles. The monoisotopic (exact) mass is 404 g/mol. The molecule has 0 bridgehead atoms. The van der Waals surface area contributed by atoms with Gasteiger partial charge in [0.05, 0.1) is 23.9 Å². The third kappa shape index (κ3) is 4.61. The van der Waals surface area contributed by atoms with Gasteiger partial charge in [0.1, 0.15) is 11.5 Å². The van der Waals surface area contributed by atoms with Crippen molar-refractivity contribution >= 4 is 35.1 Å². The Labute approximate surface area is 171 Å². The zero-order valence-electron chi connectivity index (χ0n) is 15.2. The van der Waals surface area contributed by atoms with Crippen LogP contribution in [0.2, 0.25) is 0 Å². The Morgan fingerprint density at radius 1 is 1.14 bits per heavy atom. The summed E-state index contributed by atoms with van der Waals surface area (Å²) in [5.74, 6) is 0.632. The van der Waals surface area contributed by atoms with Crippen LogP contribution >= 0.6 is 11.8 Å². The van der Waals surface area contributed by atoms with Crippen molar-refractivity contribution in [2.45, 2.75) is 6.54 Å². The molecule has 4 rings (SSSR count). The van der Waals surface area contributed by atoms with Gasteiger partial charge < -0.3 is 9.52 Å². The van der Waals surface area contributed by atoms with E-state index in [-0.39, 0.29) is 18.2 Å². The summed E-state index contributed by atoms with van der Waals surface area (Å²) in [6, 6.07) is 13.9. The summed E-state index contributed by atoms with van der Waals surface area (Å²) in [4.78, 5) is 19.0. The highest BCUT2D eigenvalue weighted by Gasteiger charge is 2.34. The normalized spacial score (nSPS) is 17.1. The Morgan fingerprint density at radius 2 is 2.00 bits per heavy atom. The number of carbonyl (C=O) groups excluding carboxylic acids is 1. The van der Waals surface area contributed by atoms with Crippen LogP contribution in [0.1, 0.15) is 16.9 Å². The number of benzene rings is 1. The minimum absolute atomic E-state index is 0.170. The first kappa shape index (κ1) is 18.7. The van der Waals surface area contributed by atoms with Crippen molar-refractivity contribution in [1.29, 1.82) is 0 Å². The predicted molar refractivity (Wildman–Crippen MR) is 112 cm³/mol. The van der Waals surface area contributed by atoms with E-state index in [1.54, 1.807) is 67.3 Å². The van der Waals surface area contributed by atoms with Crippen LogP contribution in [0, 0.1) is 0 Å². The fourth-order valence-electron chi connectivity index (χ4n) is 2.60. The summed E-state index contributed by atoms with van der Waals surface area (Å²) in [5.41, 5.74) is 1.61. The van der Waals surface area contributed by atoms with Crippen LogP contribution in [0.15, 0.2) is 86.7 Å². The van der Waals surface area contributed by atoms with E-state index in [9.17, 15) is 9.90 Å². The molecule has 0 saturated carbocycles. The molecule has 1 N–H and O–H groups in total. The van der Waals surface area contributed by atoms with Gasteiger partial charge in [-0.3, -0.25) is 14.7 Å². The Hall–Kier alpha value is -3.65. The molecule has 1 aromatic carbocycles.